The Morgan fingerprint density at radius 1 is 1.35 bits per heavy atom. The molecule has 0 aliphatic rings. The number of hydrogen-bond donors (Lipinski definition) is 1. The quantitative estimate of drug-likeness (QED) is 0.897. The Hall–Kier alpha value is -1.12. The molecule has 1 atom stereocenters. The minimum atomic E-state index is 0.510. The lowest BCUT2D eigenvalue weighted by Crippen LogP contribution is -2.26. The van der Waals surface area contributed by atoms with Crippen LogP contribution in [0.25, 0.3) is 10.9 Å². The summed E-state index contributed by atoms with van der Waals surface area (Å²) in [5.41, 5.74) is 2.30. The molecule has 0 aliphatic heterocycles. The average molecular weight is 249 g/mol. The number of aromatic nitrogens is 1. The molecule has 0 saturated carbocycles. The first-order chi connectivity index (χ1) is 8.24. The molecule has 1 unspecified atom stereocenters. The first-order valence-corrected chi connectivity index (χ1v) is 6.32. The smallest absolute Gasteiger partial charge is 0.0719 e. The number of fused-ring (bicyclic) bond motifs is 1. The summed E-state index contributed by atoms with van der Waals surface area (Å²) in [6.45, 7) is 2.20. The van der Waals surface area contributed by atoms with E-state index in [-0.39, 0.29) is 0 Å². The number of benzene rings is 1. The molecule has 1 heterocycles. The van der Waals surface area contributed by atoms with Crippen LogP contribution in [0.3, 0.4) is 0 Å². The molecule has 2 nitrogen and oxygen atoms in total. The first-order valence-electron chi connectivity index (χ1n) is 5.95. The normalized spacial score (nSPS) is 12.9. The first kappa shape index (κ1) is 12.3. The van der Waals surface area contributed by atoms with E-state index in [1.807, 2.05) is 25.4 Å². The molecule has 0 fully saturated rings. The number of likely N-dealkylation sites (N-methyl/N-ethyl adjacent to an activating group) is 1. The van der Waals surface area contributed by atoms with Gasteiger partial charge in [0.25, 0.3) is 0 Å². The van der Waals surface area contributed by atoms with Crippen LogP contribution in [0.2, 0.25) is 5.02 Å². The Morgan fingerprint density at radius 3 is 2.88 bits per heavy atom. The SMILES string of the molecule is CCC(Cc1ccnc2cc(Cl)ccc12)NC. The lowest BCUT2D eigenvalue weighted by atomic mass is 10.0. The van der Waals surface area contributed by atoms with Gasteiger partial charge in [0.15, 0.2) is 0 Å². The van der Waals surface area contributed by atoms with E-state index in [4.69, 9.17) is 11.6 Å². The number of hydrogen-bond acceptors (Lipinski definition) is 2. The van der Waals surface area contributed by atoms with Gasteiger partial charge in [-0.05, 0) is 43.7 Å². The highest BCUT2D eigenvalue weighted by Crippen LogP contribution is 2.22. The zero-order valence-electron chi connectivity index (χ0n) is 10.2. The molecular weight excluding hydrogens is 232 g/mol. The monoisotopic (exact) mass is 248 g/mol. The summed E-state index contributed by atoms with van der Waals surface area (Å²) in [5.74, 6) is 0. The van der Waals surface area contributed by atoms with Gasteiger partial charge in [0.1, 0.15) is 0 Å². The molecule has 2 aromatic rings. The molecule has 0 spiro atoms. The number of pyridine rings is 1. The zero-order chi connectivity index (χ0) is 12.3. The van der Waals surface area contributed by atoms with Gasteiger partial charge < -0.3 is 5.32 Å². The van der Waals surface area contributed by atoms with Crippen molar-refractivity contribution < 1.29 is 0 Å². The van der Waals surface area contributed by atoms with E-state index in [2.05, 4.69) is 29.4 Å². The fourth-order valence-corrected chi connectivity index (χ4v) is 2.24. The number of nitrogens with zero attached hydrogens (tertiary/aromatic N) is 1. The van der Waals surface area contributed by atoms with Gasteiger partial charge in [-0.25, -0.2) is 0 Å². The lowest BCUT2D eigenvalue weighted by molar-refractivity contribution is 0.545. The van der Waals surface area contributed by atoms with Crippen LogP contribution in [0.15, 0.2) is 30.5 Å². The third-order valence-corrected chi connectivity index (χ3v) is 3.40. The highest BCUT2D eigenvalue weighted by Gasteiger charge is 2.08. The third kappa shape index (κ3) is 2.76. The van der Waals surface area contributed by atoms with E-state index in [1.165, 1.54) is 10.9 Å². The van der Waals surface area contributed by atoms with E-state index >= 15 is 0 Å². The largest absolute Gasteiger partial charge is 0.317 e. The maximum Gasteiger partial charge on any atom is 0.0719 e. The topological polar surface area (TPSA) is 24.9 Å². The number of rotatable bonds is 4. The Bertz CT molecular complexity index is 507. The summed E-state index contributed by atoms with van der Waals surface area (Å²) < 4.78 is 0. The van der Waals surface area contributed by atoms with Crippen LogP contribution in [0, 0.1) is 0 Å². The van der Waals surface area contributed by atoms with Crippen LogP contribution in [-0.4, -0.2) is 18.1 Å². The molecule has 90 valence electrons. The molecule has 17 heavy (non-hydrogen) atoms. The Kier molecular flexibility index (Phi) is 3.97. The number of nitrogens with one attached hydrogen (secondary N) is 1. The Morgan fingerprint density at radius 2 is 2.18 bits per heavy atom. The van der Waals surface area contributed by atoms with Crippen LogP contribution < -0.4 is 5.32 Å². The maximum atomic E-state index is 5.98. The minimum absolute atomic E-state index is 0.510. The lowest BCUT2D eigenvalue weighted by Gasteiger charge is -2.15. The summed E-state index contributed by atoms with van der Waals surface area (Å²) in [4.78, 5) is 4.36. The van der Waals surface area contributed by atoms with E-state index in [0.29, 0.717) is 6.04 Å². The van der Waals surface area contributed by atoms with Gasteiger partial charge in [-0.1, -0.05) is 24.6 Å². The molecule has 0 radical (unpaired) electrons. The van der Waals surface area contributed by atoms with E-state index in [0.717, 1.165) is 23.4 Å². The molecule has 0 amide bonds. The fourth-order valence-electron chi connectivity index (χ4n) is 2.07. The maximum absolute atomic E-state index is 5.98. The van der Waals surface area contributed by atoms with Crippen LogP contribution in [0.5, 0.6) is 0 Å². The Balaban J connectivity index is 2.40. The second kappa shape index (κ2) is 5.48. The van der Waals surface area contributed by atoms with Crippen molar-refractivity contribution in [3.63, 3.8) is 0 Å². The van der Waals surface area contributed by atoms with Gasteiger partial charge in [-0.3, -0.25) is 4.98 Å². The van der Waals surface area contributed by atoms with Crippen molar-refractivity contribution in [1.29, 1.82) is 0 Å². The predicted molar refractivity (Wildman–Crippen MR) is 73.6 cm³/mol. The molecule has 1 aromatic carbocycles. The minimum Gasteiger partial charge on any atom is -0.317 e. The predicted octanol–water partition coefficient (Wildman–Crippen LogP) is 3.43. The summed E-state index contributed by atoms with van der Waals surface area (Å²) in [6, 6.07) is 8.51. The van der Waals surface area contributed by atoms with Crippen LogP contribution in [0.1, 0.15) is 18.9 Å². The van der Waals surface area contributed by atoms with Crippen molar-refractivity contribution >= 4 is 22.5 Å². The van der Waals surface area contributed by atoms with Crippen molar-refractivity contribution in [3.05, 3.63) is 41.0 Å². The van der Waals surface area contributed by atoms with Gasteiger partial charge in [-0.2, -0.15) is 0 Å². The fraction of sp³-hybridized carbons (Fsp3) is 0.357. The van der Waals surface area contributed by atoms with Crippen LogP contribution in [-0.2, 0) is 6.42 Å². The molecule has 1 aromatic heterocycles. The standard InChI is InChI=1S/C14H17ClN2/c1-3-12(16-2)8-10-6-7-17-14-9-11(15)4-5-13(10)14/h4-7,9,12,16H,3,8H2,1-2H3. The molecule has 0 bridgehead atoms. The third-order valence-electron chi connectivity index (χ3n) is 3.16. The molecule has 0 saturated heterocycles. The van der Waals surface area contributed by atoms with Crippen LogP contribution in [0.4, 0.5) is 0 Å². The summed E-state index contributed by atoms with van der Waals surface area (Å²) in [5, 5.41) is 5.27. The molecule has 0 aliphatic carbocycles. The van der Waals surface area contributed by atoms with Gasteiger partial charge in [-0.15, -0.1) is 0 Å². The summed E-state index contributed by atoms with van der Waals surface area (Å²) >= 11 is 5.98. The Labute approximate surface area is 107 Å². The van der Waals surface area contributed by atoms with Crippen molar-refractivity contribution in [2.24, 2.45) is 0 Å². The highest BCUT2D eigenvalue weighted by atomic mass is 35.5. The van der Waals surface area contributed by atoms with Crippen molar-refractivity contribution in [1.82, 2.24) is 10.3 Å². The highest BCUT2D eigenvalue weighted by molar-refractivity contribution is 6.31. The molecule has 3 heteroatoms. The second-order valence-corrected chi connectivity index (χ2v) is 4.67. The van der Waals surface area contributed by atoms with E-state index < -0.39 is 0 Å². The van der Waals surface area contributed by atoms with Crippen molar-refractivity contribution in [3.8, 4) is 0 Å². The van der Waals surface area contributed by atoms with Gasteiger partial charge in [0.2, 0.25) is 0 Å². The second-order valence-electron chi connectivity index (χ2n) is 4.23. The van der Waals surface area contributed by atoms with Gasteiger partial charge >= 0.3 is 0 Å². The average Bonchev–Trinajstić information content (AvgIpc) is 2.35. The van der Waals surface area contributed by atoms with Gasteiger partial charge in [0, 0.05) is 22.6 Å². The molecular formula is C14H17ClN2. The van der Waals surface area contributed by atoms with Gasteiger partial charge in [0.05, 0.1) is 5.52 Å². The summed E-state index contributed by atoms with van der Waals surface area (Å²) in [6.07, 6.45) is 4.00. The molecule has 1 N–H and O–H groups in total. The van der Waals surface area contributed by atoms with Crippen LogP contribution >= 0.6 is 11.6 Å². The van der Waals surface area contributed by atoms with E-state index in [9.17, 15) is 0 Å². The zero-order valence-corrected chi connectivity index (χ0v) is 11.0. The van der Waals surface area contributed by atoms with E-state index in [1.54, 1.807) is 0 Å². The summed E-state index contributed by atoms with van der Waals surface area (Å²) in [7, 11) is 2.01. The van der Waals surface area contributed by atoms with Crippen molar-refractivity contribution in [2.45, 2.75) is 25.8 Å². The number of halogens is 1. The molecule has 2 rings (SSSR count). The van der Waals surface area contributed by atoms with Crippen molar-refractivity contribution in [2.75, 3.05) is 7.05 Å².